The summed E-state index contributed by atoms with van der Waals surface area (Å²) in [7, 11) is 3.54. The molecular formula is C11H14Cl2N2OS. The Balaban J connectivity index is 2.61. The van der Waals surface area contributed by atoms with Crippen molar-refractivity contribution in [2.24, 2.45) is 0 Å². The second kappa shape index (κ2) is 7.01. The van der Waals surface area contributed by atoms with E-state index in [1.54, 1.807) is 25.3 Å². The second-order valence-electron chi connectivity index (χ2n) is 3.50. The lowest BCUT2D eigenvalue weighted by molar-refractivity contribution is 0.183. The van der Waals surface area contributed by atoms with Crippen molar-refractivity contribution in [3.05, 3.63) is 28.2 Å². The lowest BCUT2D eigenvalue weighted by Gasteiger charge is -2.20. The summed E-state index contributed by atoms with van der Waals surface area (Å²) in [5.74, 6) is 0. The third-order valence-corrected chi connectivity index (χ3v) is 2.94. The first-order valence-electron chi connectivity index (χ1n) is 5.00. The molecule has 0 atom stereocenters. The highest BCUT2D eigenvalue weighted by atomic mass is 35.5. The Hall–Kier alpha value is -0.550. The number of ether oxygens (including phenoxy) is 1. The van der Waals surface area contributed by atoms with Gasteiger partial charge in [-0.15, -0.1) is 0 Å². The summed E-state index contributed by atoms with van der Waals surface area (Å²) < 4.78 is 4.98. The van der Waals surface area contributed by atoms with Gasteiger partial charge in [0.25, 0.3) is 0 Å². The number of rotatable bonds is 4. The number of hydrogen-bond acceptors (Lipinski definition) is 2. The van der Waals surface area contributed by atoms with Crippen LogP contribution in [-0.2, 0) is 4.74 Å². The molecule has 0 bridgehead atoms. The van der Waals surface area contributed by atoms with E-state index < -0.39 is 0 Å². The van der Waals surface area contributed by atoms with E-state index in [4.69, 9.17) is 40.2 Å². The summed E-state index contributed by atoms with van der Waals surface area (Å²) in [6, 6.07) is 5.21. The molecule has 6 heteroatoms. The fourth-order valence-electron chi connectivity index (χ4n) is 1.17. The minimum absolute atomic E-state index is 0.572. The molecule has 3 nitrogen and oxygen atoms in total. The molecule has 1 N–H and O–H groups in total. The molecule has 0 spiro atoms. The van der Waals surface area contributed by atoms with E-state index in [1.807, 2.05) is 11.9 Å². The number of hydrogen-bond donors (Lipinski definition) is 1. The topological polar surface area (TPSA) is 24.5 Å². The first-order valence-corrected chi connectivity index (χ1v) is 6.16. The second-order valence-corrected chi connectivity index (χ2v) is 4.76. The molecule has 0 saturated carbocycles. The quantitative estimate of drug-likeness (QED) is 0.861. The first-order chi connectivity index (χ1) is 8.02. The Morgan fingerprint density at radius 3 is 2.47 bits per heavy atom. The molecule has 94 valence electrons. The van der Waals surface area contributed by atoms with E-state index in [0.717, 1.165) is 12.2 Å². The van der Waals surface area contributed by atoms with Gasteiger partial charge in [0.05, 0.1) is 6.61 Å². The van der Waals surface area contributed by atoms with Crippen LogP contribution in [0, 0.1) is 0 Å². The van der Waals surface area contributed by atoms with Crippen LogP contribution in [-0.4, -0.2) is 37.3 Å². The number of anilines is 1. The van der Waals surface area contributed by atoms with E-state index >= 15 is 0 Å². The number of thiocarbonyl (C=S) groups is 1. The van der Waals surface area contributed by atoms with Crippen LogP contribution in [0.2, 0.25) is 10.0 Å². The Morgan fingerprint density at radius 1 is 1.35 bits per heavy atom. The molecule has 17 heavy (non-hydrogen) atoms. The van der Waals surface area contributed by atoms with Crippen molar-refractivity contribution in [3.63, 3.8) is 0 Å². The largest absolute Gasteiger partial charge is 0.383 e. The van der Waals surface area contributed by atoms with Crippen molar-refractivity contribution in [2.75, 3.05) is 32.6 Å². The van der Waals surface area contributed by atoms with Crippen LogP contribution in [0.4, 0.5) is 5.69 Å². The predicted molar refractivity (Wildman–Crippen MR) is 77.2 cm³/mol. The molecule has 0 aliphatic carbocycles. The molecule has 0 aromatic heterocycles. The molecule has 1 aromatic carbocycles. The number of nitrogens with one attached hydrogen (secondary N) is 1. The van der Waals surface area contributed by atoms with E-state index in [2.05, 4.69) is 5.32 Å². The number of likely N-dealkylation sites (N-methyl/N-ethyl adjacent to an activating group) is 1. The molecule has 0 aliphatic heterocycles. The summed E-state index contributed by atoms with van der Waals surface area (Å²) >= 11 is 17.0. The van der Waals surface area contributed by atoms with Crippen LogP contribution in [0.1, 0.15) is 0 Å². The third-order valence-electron chi connectivity index (χ3n) is 2.09. The van der Waals surface area contributed by atoms with Crippen LogP contribution in [0.5, 0.6) is 0 Å². The third kappa shape index (κ3) is 5.08. The average Bonchev–Trinajstić information content (AvgIpc) is 2.24. The van der Waals surface area contributed by atoms with E-state index in [-0.39, 0.29) is 0 Å². The van der Waals surface area contributed by atoms with E-state index in [1.165, 1.54) is 0 Å². The zero-order chi connectivity index (χ0) is 12.8. The number of benzene rings is 1. The Labute approximate surface area is 117 Å². The monoisotopic (exact) mass is 292 g/mol. The van der Waals surface area contributed by atoms with Crippen LogP contribution in [0.3, 0.4) is 0 Å². The van der Waals surface area contributed by atoms with Crippen molar-refractivity contribution < 1.29 is 4.74 Å². The number of nitrogens with zero attached hydrogens (tertiary/aromatic N) is 1. The van der Waals surface area contributed by atoms with Gasteiger partial charge in [-0.05, 0) is 30.4 Å². The first kappa shape index (κ1) is 14.5. The summed E-state index contributed by atoms with van der Waals surface area (Å²) in [6.45, 7) is 1.34. The summed E-state index contributed by atoms with van der Waals surface area (Å²) in [6.07, 6.45) is 0. The average molecular weight is 293 g/mol. The Bertz CT molecular complexity index is 381. The van der Waals surface area contributed by atoms with Gasteiger partial charge in [-0.1, -0.05) is 23.2 Å². The van der Waals surface area contributed by atoms with Gasteiger partial charge >= 0.3 is 0 Å². The summed E-state index contributed by atoms with van der Waals surface area (Å²) in [5.41, 5.74) is 0.775. The lowest BCUT2D eigenvalue weighted by atomic mass is 10.3. The predicted octanol–water partition coefficient (Wildman–Crippen LogP) is 3.27. The zero-order valence-corrected chi connectivity index (χ0v) is 12.0. The van der Waals surface area contributed by atoms with Gasteiger partial charge in [-0.25, -0.2) is 0 Å². The van der Waals surface area contributed by atoms with Crippen LogP contribution < -0.4 is 5.32 Å². The van der Waals surface area contributed by atoms with Crippen molar-refractivity contribution in [3.8, 4) is 0 Å². The van der Waals surface area contributed by atoms with Crippen LogP contribution >= 0.6 is 35.4 Å². The van der Waals surface area contributed by atoms with Crippen LogP contribution in [0.15, 0.2) is 18.2 Å². The molecular weight excluding hydrogens is 279 g/mol. The SMILES string of the molecule is COCCN(C)C(=S)Nc1cc(Cl)cc(Cl)c1. The molecule has 0 heterocycles. The van der Waals surface area contributed by atoms with Gasteiger partial charge in [-0.2, -0.15) is 0 Å². The molecule has 0 unspecified atom stereocenters. The smallest absolute Gasteiger partial charge is 0.173 e. The van der Waals surface area contributed by atoms with Gasteiger partial charge in [0, 0.05) is 36.4 Å². The van der Waals surface area contributed by atoms with Crippen molar-refractivity contribution in [1.29, 1.82) is 0 Å². The Morgan fingerprint density at radius 2 is 1.94 bits per heavy atom. The highest BCUT2D eigenvalue weighted by Crippen LogP contribution is 2.22. The molecule has 1 aromatic rings. The maximum absolute atomic E-state index is 5.90. The fourth-order valence-corrected chi connectivity index (χ4v) is 1.91. The van der Waals surface area contributed by atoms with Gasteiger partial charge in [0.1, 0.15) is 0 Å². The van der Waals surface area contributed by atoms with Gasteiger partial charge in [0.2, 0.25) is 0 Å². The standard InChI is InChI=1S/C11H14Cl2N2OS/c1-15(3-4-16-2)11(17)14-10-6-8(12)5-9(13)7-10/h5-7H,3-4H2,1-2H3,(H,14,17). The highest BCUT2D eigenvalue weighted by molar-refractivity contribution is 7.80. The molecule has 0 fully saturated rings. The van der Waals surface area contributed by atoms with Crippen molar-refractivity contribution in [2.45, 2.75) is 0 Å². The minimum atomic E-state index is 0.572. The van der Waals surface area contributed by atoms with Crippen LogP contribution in [0.25, 0.3) is 0 Å². The maximum atomic E-state index is 5.90. The normalized spacial score (nSPS) is 10.1. The molecule has 0 amide bonds. The maximum Gasteiger partial charge on any atom is 0.173 e. The molecule has 0 radical (unpaired) electrons. The van der Waals surface area contributed by atoms with Gasteiger partial charge < -0.3 is 15.0 Å². The number of methoxy groups -OCH3 is 1. The number of halogens is 2. The van der Waals surface area contributed by atoms with Gasteiger partial charge in [0.15, 0.2) is 5.11 Å². The summed E-state index contributed by atoms with van der Waals surface area (Å²) in [4.78, 5) is 1.88. The van der Waals surface area contributed by atoms with Crippen molar-refractivity contribution in [1.82, 2.24) is 4.90 Å². The minimum Gasteiger partial charge on any atom is -0.383 e. The molecule has 0 aliphatic rings. The zero-order valence-electron chi connectivity index (χ0n) is 9.67. The molecule has 0 saturated heterocycles. The highest BCUT2D eigenvalue weighted by Gasteiger charge is 2.05. The fraction of sp³-hybridized carbons (Fsp3) is 0.364. The van der Waals surface area contributed by atoms with Gasteiger partial charge in [-0.3, -0.25) is 0 Å². The Kier molecular flexibility index (Phi) is 5.98. The summed E-state index contributed by atoms with van der Waals surface area (Å²) in [5, 5.41) is 4.81. The lowest BCUT2D eigenvalue weighted by Crippen LogP contribution is -2.33. The van der Waals surface area contributed by atoms with E-state index in [9.17, 15) is 0 Å². The van der Waals surface area contributed by atoms with E-state index in [0.29, 0.717) is 21.8 Å². The molecule has 1 rings (SSSR count). The van der Waals surface area contributed by atoms with Crippen molar-refractivity contribution >= 4 is 46.2 Å².